The van der Waals surface area contributed by atoms with Gasteiger partial charge in [0.15, 0.2) is 0 Å². The molecule has 2 aromatic rings. The molecular weight excluding hydrogens is 204 g/mol. The van der Waals surface area contributed by atoms with Crippen LogP contribution in [0.3, 0.4) is 0 Å². The van der Waals surface area contributed by atoms with Gasteiger partial charge in [0.05, 0.1) is 0 Å². The van der Waals surface area contributed by atoms with Crippen LogP contribution in [0.5, 0.6) is 0 Å². The second-order valence-corrected chi connectivity index (χ2v) is 4.03. The summed E-state index contributed by atoms with van der Waals surface area (Å²) in [5, 5.41) is 0.769. The summed E-state index contributed by atoms with van der Waals surface area (Å²) in [4.78, 5) is 0. The van der Waals surface area contributed by atoms with Crippen molar-refractivity contribution in [3.8, 4) is 34.6 Å². The molecule has 0 N–H and O–H groups in total. The number of hydrogen-bond donors (Lipinski definition) is 0. The summed E-state index contributed by atoms with van der Waals surface area (Å²) in [7, 11) is 0. The normalized spacial score (nSPS) is 10.9. The minimum Gasteiger partial charge on any atom is -0.115 e. The first-order valence-corrected chi connectivity index (χ1v) is 5.08. The van der Waals surface area contributed by atoms with E-state index >= 15 is 0 Å². The minimum atomic E-state index is 0.769. The van der Waals surface area contributed by atoms with Gasteiger partial charge in [-0.15, -0.1) is 6.42 Å². The summed E-state index contributed by atoms with van der Waals surface area (Å²) in [5.41, 5.74) is 5.86. The highest BCUT2D eigenvalue weighted by molar-refractivity contribution is 6.31. The van der Waals surface area contributed by atoms with Gasteiger partial charge in [0.1, 0.15) is 0 Å². The zero-order valence-corrected chi connectivity index (χ0v) is 8.68. The van der Waals surface area contributed by atoms with Crippen molar-refractivity contribution in [1.29, 1.82) is 0 Å². The zero-order chi connectivity index (χ0) is 10.4. The molecule has 1 heteroatoms. The van der Waals surface area contributed by atoms with Gasteiger partial charge in [-0.1, -0.05) is 29.7 Å². The van der Waals surface area contributed by atoms with E-state index in [9.17, 15) is 0 Å². The number of terminal acetylenes is 1. The lowest BCUT2D eigenvalue weighted by molar-refractivity contribution is 1.50. The van der Waals surface area contributed by atoms with E-state index in [0.29, 0.717) is 0 Å². The molecule has 0 heterocycles. The Labute approximate surface area is 93.5 Å². The molecule has 0 saturated heterocycles. The Bertz CT molecular complexity index is 603. The fraction of sp³-hybridized carbons (Fsp3) is 0. The van der Waals surface area contributed by atoms with Crippen molar-refractivity contribution in [3.63, 3.8) is 0 Å². The molecule has 0 nitrogen and oxygen atoms in total. The molecule has 0 bridgehead atoms. The predicted octanol–water partition coefficient (Wildman–Crippen LogP) is 3.97. The number of fused-ring (bicyclic) bond motifs is 4. The molecule has 0 aliphatic heterocycles. The van der Waals surface area contributed by atoms with E-state index in [0.717, 1.165) is 10.6 Å². The van der Waals surface area contributed by atoms with Gasteiger partial charge in [-0.3, -0.25) is 0 Å². The second-order valence-electron chi connectivity index (χ2n) is 3.59. The highest BCUT2D eigenvalue weighted by atomic mass is 35.5. The third-order valence-electron chi connectivity index (χ3n) is 2.75. The lowest BCUT2D eigenvalue weighted by Gasteiger charge is -2.24. The van der Waals surface area contributed by atoms with Gasteiger partial charge in [-0.2, -0.15) is 0 Å². The molecule has 0 fully saturated rings. The summed E-state index contributed by atoms with van der Waals surface area (Å²) in [5.74, 6) is 2.64. The SMILES string of the molecule is C#Cc1ccc2c(c1)-c1cc(Cl)ccc1-2. The molecule has 70 valence electrons. The fourth-order valence-corrected chi connectivity index (χ4v) is 2.18. The molecule has 0 radical (unpaired) electrons. The van der Waals surface area contributed by atoms with E-state index < -0.39 is 0 Å². The van der Waals surface area contributed by atoms with Crippen LogP contribution in [-0.4, -0.2) is 0 Å². The highest BCUT2D eigenvalue weighted by Crippen LogP contribution is 2.48. The van der Waals surface area contributed by atoms with Crippen LogP contribution in [0.25, 0.3) is 22.3 Å². The zero-order valence-electron chi connectivity index (χ0n) is 7.92. The van der Waals surface area contributed by atoms with Gasteiger partial charge in [-0.25, -0.2) is 0 Å². The van der Waals surface area contributed by atoms with Crippen LogP contribution >= 0.6 is 11.6 Å². The molecule has 1 aliphatic carbocycles. The molecule has 0 spiro atoms. The van der Waals surface area contributed by atoms with Gasteiger partial charge in [0, 0.05) is 10.6 Å². The first-order valence-electron chi connectivity index (χ1n) is 4.70. The topological polar surface area (TPSA) is 0 Å². The van der Waals surface area contributed by atoms with Crippen molar-refractivity contribution in [2.45, 2.75) is 0 Å². The van der Waals surface area contributed by atoms with Gasteiger partial charge in [0.25, 0.3) is 0 Å². The average molecular weight is 211 g/mol. The standard InChI is InChI=1S/C14H7Cl/c1-2-9-3-5-11-12-6-4-10(15)8-14(12)13(11)7-9/h1,3-8H. The number of halogens is 1. The lowest BCUT2D eigenvalue weighted by atomic mass is 9.80. The van der Waals surface area contributed by atoms with Crippen molar-refractivity contribution in [3.05, 3.63) is 47.0 Å². The van der Waals surface area contributed by atoms with E-state index in [1.807, 2.05) is 24.3 Å². The summed E-state index contributed by atoms with van der Waals surface area (Å²) in [6.07, 6.45) is 5.37. The van der Waals surface area contributed by atoms with E-state index in [2.05, 4.69) is 18.1 Å². The molecule has 0 amide bonds. The van der Waals surface area contributed by atoms with Gasteiger partial charge in [0.2, 0.25) is 0 Å². The maximum Gasteiger partial charge on any atom is 0.0412 e. The summed E-state index contributed by atoms with van der Waals surface area (Å²) >= 11 is 5.95. The van der Waals surface area contributed by atoms with Crippen molar-refractivity contribution in [2.24, 2.45) is 0 Å². The van der Waals surface area contributed by atoms with Crippen molar-refractivity contribution in [2.75, 3.05) is 0 Å². The van der Waals surface area contributed by atoms with Gasteiger partial charge < -0.3 is 0 Å². The van der Waals surface area contributed by atoms with Crippen LogP contribution in [0.15, 0.2) is 36.4 Å². The Hall–Kier alpha value is -1.71. The maximum absolute atomic E-state index is 5.95. The summed E-state index contributed by atoms with van der Waals surface area (Å²) in [6, 6.07) is 12.0. The Kier molecular flexibility index (Phi) is 1.65. The second kappa shape index (κ2) is 2.89. The monoisotopic (exact) mass is 210 g/mol. The van der Waals surface area contributed by atoms with Crippen LogP contribution < -0.4 is 0 Å². The third-order valence-corrected chi connectivity index (χ3v) is 2.98. The van der Waals surface area contributed by atoms with E-state index in [1.54, 1.807) is 0 Å². The fourth-order valence-electron chi connectivity index (χ4n) is 2.00. The number of hydrogen-bond acceptors (Lipinski definition) is 0. The largest absolute Gasteiger partial charge is 0.115 e. The van der Waals surface area contributed by atoms with Gasteiger partial charge >= 0.3 is 0 Å². The molecule has 0 atom stereocenters. The summed E-state index contributed by atoms with van der Waals surface area (Å²) in [6.45, 7) is 0. The van der Waals surface area contributed by atoms with Crippen LogP contribution in [0.4, 0.5) is 0 Å². The number of rotatable bonds is 0. The molecule has 0 saturated carbocycles. The van der Waals surface area contributed by atoms with Crippen molar-refractivity contribution >= 4 is 11.6 Å². The Morgan fingerprint density at radius 2 is 1.53 bits per heavy atom. The average Bonchev–Trinajstić information content (AvgIpc) is 2.26. The van der Waals surface area contributed by atoms with Crippen LogP contribution in [0, 0.1) is 12.3 Å². The summed E-state index contributed by atoms with van der Waals surface area (Å²) < 4.78 is 0. The third kappa shape index (κ3) is 1.11. The first-order chi connectivity index (χ1) is 7.29. The van der Waals surface area contributed by atoms with Crippen LogP contribution in [0.2, 0.25) is 5.02 Å². The lowest BCUT2D eigenvalue weighted by Crippen LogP contribution is -1.98. The molecule has 1 aliphatic rings. The van der Waals surface area contributed by atoms with Crippen LogP contribution in [0.1, 0.15) is 5.56 Å². The quantitative estimate of drug-likeness (QED) is 0.493. The van der Waals surface area contributed by atoms with Crippen LogP contribution in [-0.2, 0) is 0 Å². The Balaban J connectivity index is 2.23. The van der Waals surface area contributed by atoms with Gasteiger partial charge in [-0.05, 0) is 46.5 Å². The molecule has 0 unspecified atom stereocenters. The molecule has 15 heavy (non-hydrogen) atoms. The van der Waals surface area contributed by atoms with E-state index in [1.165, 1.54) is 22.3 Å². The van der Waals surface area contributed by atoms with Crippen molar-refractivity contribution in [1.82, 2.24) is 0 Å². The van der Waals surface area contributed by atoms with Crippen molar-refractivity contribution < 1.29 is 0 Å². The number of benzene rings is 2. The van der Waals surface area contributed by atoms with E-state index in [4.69, 9.17) is 18.0 Å². The molecule has 3 rings (SSSR count). The molecule has 0 aromatic heterocycles. The molecule has 2 aromatic carbocycles. The van der Waals surface area contributed by atoms with E-state index in [-0.39, 0.29) is 0 Å². The smallest absolute Gasteiger partial charge is 0.0412 e. The Morgan fingerprint density at radius 1 is 0.867 bits per heavy atom. The molecular formula is C14H7Cl. The predicted molar refractivity (Wildman–Crippen MR) is 63.8 cm³/mol. The first kappa shape index (κ1) is 8.59. The Morgan fingerprint density at radius 3 is 2.27 bits per heavy atom. The minimum absolute atomic E-state index is 0.769. The highest BCUT2D eigenvalue weighted by Gasteiger charge is 2.21. The maximum atomic E-state index is 5.95.